The molecule has 7 heteroatoms. The first-order valence-corrected chi connectivity index (χ1v) is 10.7. The first kappa shape index (κ1) is 22.1. The van der Waals surface area contributed by atoms with Crippen molar-refractivity contribution in [3.63, 3.8) is 0 Å². The van der Waals surface area contributed by atoms with E-state index in [-0.39, 0.29) is 6.61 Å². The summed E-state index contributed by atoms with van der Waals surface area (Å²) in [5.41, 5.74) is 10.7. The Morgan fingerprint density at radius 2 is 1.85 bits per heavy atom. The number of amides is 1. The number of nitrogens with one attached hydrogen (secondary N) is 1. The summed E-state index contributed by atoms with van der Waals surface area (Å²) in [7, 11) is 0. The molecule has 0 fully saturated rings. The second-order valence-corrected chi connectivity index (χ2v) is 7.61. The Bertz CT molecular complexity index is 1200. The Morgan fingerprint density at radius 3 is 2.52 bits per heavy atom. The van der Waals surface area contributed by atoms with Gasteiger partial charge in [-0.3, -0.25) is 14.8 Å². The van der Waals surface area contributed by atoms with Gasteiger partial charge in [0.05, 0.1) is 18.2 Å². The van der Waals surface area contributed by atoms with Crippen molar-refractivity contribution in [3.05, 3.63) is 108 Å². The zero-order valence-corrected chi connectivity index (χ0v) is 18.1. The van der Waals surface area contributed by atoms with E-state index < -0.39 is 11.8 Å². The van der Waals surface area contributed by atoms with Crippen molar-refractivity contribution in [2.45, 2.75) is 18.9 Å². The molecule has 0 saturated heterocycles. The number of primary amides is 1. The van der Waals surface area contributed by atoms with E-state index in [1.54, 1.807) is 24.7 Å². The van der Waals surface area contributed by atoms with Crippen LogP contribution in [0.1, 0.15) is 28.3 Å². The minimum absolute atomic E-state index is 0.0155. The van der Waals surface area contributed by atoms with Gasteiger partial charge in [0.25, 0.3) is 0 Å². The molecule has 33 heavy (non-hydrogen) atoms. The van der Waals surface area contributed by atoms with Gasteiger partial charge in [0.1, 0.15) is 5.82 Å². The fourth-order valence-corrected chi connectivity index (χ4v) is 3.68. The van der Waals surface area contributed by atoms with Crippen LogP contribution in [0.25, 0.3) is 11.3 Å². The molecule has 0 aliphatic heterocycles. The van der Waals surface area contributed by atoms with Gasteiger partial charge in [-0.15, -0.1) is 0 Å². The molecule has 4 aromatic rings. The van der Waals surface area contributed by atoms with Crippen molar-refractivity contribution >= 4 is 11.7 Å². The van der Waals surface area contributed by atoms with E-state index in [9.17, 15) is 9.90 Å². The Balaban J connectivity index is 1.69. The lowest BCUT2D eigenvalue weighted by Crippen LogP contribution is -2.24. The number of aliphatic hydroxyl groups is 1. The van der Waals surface area contributed by atoms with E-state index in [1.807, 2.05) is 60.7 Å². The smallest absolute Gasteiger partial charge is 0.229 e. The predicted octanol–water partition coefficient (Wildman–Crippen LogP) is 3.30. The van der Waals surface area contributed by atoms with Crippen LogP contribution in [0.4, 0.5) is 5.82 Å². The molecule has 4 N–H and O–H groups in total. The maximum absolute atomic E-state index is 12.5. The maximum atomic E-state index is 12.5. The van der Waals surface area contributed by atoms with Gasteiger partial charge < -0.3 is 16.2 Å². The summed E-state index contributed by atoms with van der Waals surface area (Å²) in [6, 6.07) is 20.7. The van der Waals surface area contributed by atoms with Crippen molar-refractivity contribution in [3.8, 4) is 11.3 Å². The summed E-state index contributed by atoms with van der Waals surface area (Å²) >= 11 is 0. The number of nitrogens with two attached hydrogens (primary N) is 1. The first-order chi connectivity index (χ1) is 16.2. The number of anilines is 1. The lowest BCUT2D eigenvalue weighted by Gasteiger charge is -2.19. The molecule has 0 saturated carbocycles. The minimum atomic E-state index is -0.686. The van der Waals surface area contributed by atoms with Crippen LogP contribution in [0, 0.1) is 0 Å². The van der Waals surface area contributed by atoms with Crippen molar-refractivity contribution in [1.82, 2.24) is 15.0 Å². The zero-order chi connectivity index (χ0) is 23.0. The quantitative estimate of drug-likeness (QED) is 0.369. The van der Waals surface area contributed by atoms with Crippen LogP contribution in [-0.4, -0.2) is 32.5 Å². The van der Waals surface area contributed by atoms with E-state index in [0.717, 1.165) is 22.5 Å². The van der Waals surface area contributed by atoms with E-state index in [2.05, 4.69) is 15.3 Å². The highest BCUT2D eigenvalue weighted by atomic mass is 16.3. The van der Waals surface area contributed by atoms with E-state index in [4.69, 9.17) is 10.7 Å². The predicted molar refractivity (Wildman–Crippen MR) is 127 cm³/mol. The molecule has 1 aromatic carbocycles. The van der Waals surface area contributed by atoms with Gasteiger partial charge in [-0.1, -0.05) is 42.5 Å². The van der Waals surface area contributed by atoms with Crippen LogP contribution in [0.15, 0.2) is 85.3 Å². The summed E-state index contributed by atoms with van der Waals surface area (Å²) in [6.45, 7) is 0.570. The summed E-state index contributed by atoms with van der Waals surface area (Å²) in [6.07, 6.45) is 5.77. The summed E-state index contributed by atoms with van der Waals surface area (Å²) < 4.78 is 0. The third kappa shape index (κ3) is 5.39. The number of hydrogen-bond donors (Lipinski definition) is 3. The van der Waals surface area contributed by atoms with Gasteiger partial charge in [-0.25, -0.2) is 4.98 Å². The molecule has 1 atom stereocenters. The van der Waals surface area contributed by atoms with Gasteiger partial charge in [0, 0.05) is 48.4 Å². The van der Waals surface area contributed by atoms with Gasteiger partial charge >= 0.3 is 0 Å². The lowest BCUT2D eigenvalue weighted by molar-refractivity contribution is -0.118. The average molecular weight is 440 g/mol. The molecule has 166 valence electrons. The van der Waals surface area contributed by atoms with Crippen molar-refractivity contribution in [1.29, 1.82) is 0 Å². The largest absolute Gasteiger partial charge is 0.392 e. The number of rotatable bonds is 9. The first-order valence-electron chi connectivity index (χ1n) is 10.7. The van der Waals surface area contributed by atoms with E-state index in [1.165, 1.54) is 0 Å². The molecular formula is C26H25N5O2. The third-order valence-electron chi connectivity index (χ3n) is 5.37. The fourth-order valence-electron chi connectivity index (χ4n) is 3.68. The van der Waals surface area contributed by atoms with Crippen LogP contribution >= 0.6 is 0 Å². The highest BCUT2D eigenvalue weighted by molar-refractivity contribution is 5.87. The lowest BCUT2D eigenvalue weighted by atomic mass is 9.91. The Kier molecular flexibility index (Phi) is 7.02. The molecule has 3 heterocycles. The standard InChI is InChI=1S/C26H25N5O2/c27-25(33)24(20-4-3-13-28-16-20)22-10-11-23(19-8-6-18(17-32)7-9-19)31-26(22)30-15-12-21-5-1-2-14-29-21/h1-11,13-14,16,24,32H,12,15,17H2,(H2,27,33)(H,30,31). The van der Waals surface area contributed by atoms with Gasteiger partial charge in [-0.2, -0.15) is 0 Å². The molecule has 1 unspecified atom stereocenters. The number of carbonyl (C=O) groups is 1. The molecule has 0 bridgehead atoms. The number of hydrogen-bond acceptors (Lipinski definition) is 6. The van der Waals surface area contributed by atoms with Crippen molar-refractivity contribution in [2.75, 3.05) is 11.9 Å². The third-order valence-corrected chi connectivity index (χ3v) is 5.37. The van der Waals surface area contributed by atoms with Crippen LogP contribution in [-0.2, 0) is 17.8 Å². The second-order valence-electron chi connectivity index (χ2n) is 7.61. The fraction of sp³-hybridized carbons (Fsp3) is 0.154. The molecule has 1 amide bonds. The summed E-state index contributed by atoms with van der Waals surface area (Å²) in [5.74, 6) is -0.575. The van der Waals surface area contributed by atoms with E-state index >= 15 is 0 Å². The number of benzene rings is 1. The summed E-state index contributed by atoms with van der Waals surface area (Å²) in [5, 5.41) is 12.7. The normalized spacial score (nSPS) is 11.7. The number of carbonyl (C=O) groups excluding carboxylic acids is 1. The zero-order valence-electron chi connectivity index (χ0n) is 18.1. The molecule has 0 aliphatic carbocycles. The highest BCUT2D eigenvalue weighted by Crippen LogP contribution is 2.31. The van der Waals surface area contributed by atoms with Gasteiger partial charge in [-0.05, 0) is 35.4 Å². The number of aliphatic hydroxyl groups excluding tert-OH is 1. The van der Waals surface area contributed by atoms with Crippen molar-refractivity contribution in [2.24, 2.45) is 5.73 Å². The number of pyridine rings is 3. The molecule has 0 aliphatic rings. The molecule has 7 nitrogen and oxygen atoms in total. The maximum Gasteiger partial charge on any atom is 0.229 e. The average Bonchev–Trinajstić information content (AvgIpc) is 2.86. The summed E-state index contributed by atoms with van der Waals surface area (Å²) in [4.78, 5) is 25.8. The highest BCUT2D eigenvalue weighted by Gasteiger charge is 2.24. The monoisotopic (exact) mass is 439 g/mol. The number of nitrogens with zero attached hydrogens (tertiary/aromatic N) is 3. The Hall–Kier alpha value is -4.10. The van der Waals surface area contributed by atoms with Crippen LogP contribution in [0.2, 0.25) is 0 Å². The SMILES string of the molecule is NC(=O)C(c1cccnc1)c1ccc(-c2ccc(CO)cc2)nc1NCCc1ccccn1. The molecule has 0 spiro atoms. The molecular weight excluding hydrogens is 414 g/mol. The molecule has 4 rings (SSSR count). The number of aromatic nitrogens is 3. The molecule has 0 radical (unpaired) electrons. The minimum Gasteiger partial charge on any atom is -0.392 e. The Morgan fingerprint density at radius 1 is 1.00 bits per heavy atom. The van der Waals surface area contributed by atoms with Gasteiger partial charge in [0.15, 0.2) is 0 Å². The Labute approximate surface area is 192 Å². The van der Waals surface area contributed by atoms with Gasteiger partial charge in [0.2, 0.25) is 5.91 Å². The van der Waals surface area contributed by atoms with Crippen LogP contribution in [0.3, 0.4) is 0 Å². The van der Waals surface area contributed by atoms with Crippen LogP contribution in [0.5, 0.6) is 0 Å². The topological polar surface area (TPSA) is 114 Å². The molecule has 3 aromatic heterocycles. The van der Waals surface area contributed by atoms with Crippen molar-refractivity contribution < 1.29 is 9.90 Å². The second kappa shape index (κ2) is 10.5. The van der Waals surface area contributed by atoms with E-state index in [0.29, 0.717) is 29.9 Å². The van der Waals surface area contributed by atoms with Crippen LogP contribution < -0.4 is 11.1 Å².